The number of nitrogens with zero attached hydrogens (tertiary/aromatic N) is 3. The van der Waals surface area contributed by atoms with Crippen molar-refractivity contribution in [1.82, 2.24) is 25.4 Å². The molecule has 3 N–H and O–H groups in total. The van der Waals surface area contributed by atoms with Crippen molar-refractivity contribution in [2.75, 3.05) is 6.54 Å². The fraction of sp³-hybridized carbons (Fsp3) is 0.500. The van der Waals surface area contributed by atoms with Gasteiger partial charge in [-0.15, -0.1) is 0 Å². The van der Waals surface area contributed by atoms with E-state index in [4.69, 9.17) is 0 Å². The molecule has 1 aliphatic carbocycles. The lowest BCUT2D eigenvalue weighted by atomic mass is 9.73. The first-order chi connectivity index (χ1) is 12.1. The van der Waals surface area contributed by atoms with Crippen LogP contribution in [-0.2, 0) is 6.54 Å². The Bertz CT molecular complexity index is 686. The maximum atomic E-state index is 12.0. The predicted molar refractivity (Wildman–Crippen MR) is 94.2 cm³/mol. The molecule has 2 atom stereocenters. The maximum Gasteiger partial charge on any atom is 0.315 e. The number of nitrogens with one attached hydrogen (secondary N) is 2. The molecular formula is C18H25N5O2. The second kappa shape index (κ2) is 7.65. The molecule has 1 heterocycles. The van der Waals surface area contributed by atoms with Crippen molar-refractivity contribution in [3.8, 4) is 5.69 Å². The van der Waals surface area contributed by atoms with Crippen LogP contribution >= 0.6 is 0 Å². The zero-order valence-corrected chi connectivity index (χ0v) is 14.5. The number of amides is 2. The third-order valence-electron chi connectivity index (χ3n) is 5.01. The quantitative estimate of drug-likeness (QED) is 0.774. The molecule has 0 bridgehead atoms. The van der Waals surface area contributed by atoms with Crippen LogP contribution in [0.15, 0.2) is 36.9 Å². The van der Waals surface area contributed by atoms with Crippen LogP contribution in [0.25, 0.3) is 5.69 Å². The van der Waals surface area contributed by atoms with Crippen LogP contribution in [0.5, 0.6) is 0 Å². The number of aliphatic hydroxyl groups excluding tert-OH is 1. The van der Waals surface area contributed by atoms with Crippen molar-refractivity contribution in [1.29, 1.82) is 0 Å². The molecule has 7 heteroatoms. The summed E-state index contributed by atoms with van der Waals surface area (Å²) in [4.78, 5) is 16.0. The summed E-state index contributed by atoms with van der Waals surface area (Å²) in [6.07, 6.45) is 6.72. The Morgan fingerprint density at radius 1 is 1.32 bits per heavy atom. The monoisotopic (exact) mass is 343 g/mol. The van der Waals surface area contributed by atoms with Crippen molar-refractivity contribution in [2.45, 2.75) is 45.3 Å². The molecule has 2 unspecified atom stereocenters. The van der Waals surface area contributed by atoms with Gasteiger partial charge in [-0.25, -0.2) is 14.5 Å². The average molecular weight is 343 g/mol. The van der Waals surface area contributed by atoms with Gasteiger partial charge >= 0.3 is 6.03 Å². The Kier molecular flexibility index (Phi) is 5.33. The van der Waals surface area contributed by atoms with E-state index in [1.807, 2.05) is 31.2 Å². The zero-order chi connectivity index (χ0) is 17.7. The van der Waals surface area contributed by atoms with Gasteiger partial charge in [-0.1, -0.05) is 31.9 Å². The fourth-order valence-corrected chi connectivity index (χ4v) is 3.22. The Hall–Kier alpha value is -2.41. The fourth-order valence-electron chi connectivity index (χ4n) is 3.22. The van der Waals surface area contributed by atoms with E-state index in [0.29, 0.717) is 13.1 Å². The minimum absolute atomic E-state index is 0.209. The smallest absolute Gasteiger partial charge is 0.315 e. The molecule has 134 valence electrons. The molecule has 1 saturated carbocycles. The van der Waals surface area contributed by atoms with Gasteiger partial charge in [-0.2, -0.15) is 5.10 Å². The van der Waals surface area contributed by atoms with E-state index in [1.54, 1.807) is 11.0 Å². The van der Waals surface area contributed by atoms with Gasteiger partial charge in [0.1, 0.15) is 12.7 Å². The molecule has 0 aliphatic heterocycles. The normalized spacial score (nSPS) is 23.2. The molecule has 0 spiro atoms. The van der Waals surface area contributed by atoms with E-state index >= 15 is 0 Å². The number of carbonyl (C=O) groups excluding carboxylic acids is 1. The molecule has 25 heavy (non-hydrogen) atoms. The zero-order valence-electron chi connectivity index (χ0n) is 14.5. The second-order valence-electron chi connectivity index (χ2n) is 6.96. The lowest BCUT2D eigenvalue weighted by molar-refractivity contribution is 0.00309. The molecule has 3 rings (SSSR count). The van der Waals surface area contributed by atoms with Crippen LogP contribution in [0.3, 0.4) is 0 Å². The van der Waals surface area contributed by atoms with Crippen molar-refractivity contribution < 1.29 is 9.90 Å². The van der Waals surface area contributed by atoms with Crippen molar-refractivity contribution in [3.05, 3.63) is 42.5 Å². The summed E-state index contributed by atoms with van der Waals surface area (Å²) in [6.45, 7) is 2.98. The molecule has 1 aliphatic rings. The predicted octanol–water partition coefficient (Wildman–Crippen LogP) is 2.01. The summed E-state index contributed by atoms with van der Waals surface area (Å²) in [6, 6.07) is 7.55. The molecule has 1 aromatic carbocycles. The Morgan fingerprint density at radius 3 is 2.80 bits per heavy atom. The molecule has 2 amide bonds. The number of aliphatic hydroxyl groups is 1. The van der Waals surface area contributed by atoms with Gasteiger partial charge < -0.3 is 15.7 Å². The van der Waals surface area contributed by atoms with Crippen molar-refractivity contribution in [2.24, 2.45) is 5.41 Å². The first kappa shape index (κ1) is 17.4. The molecule has 7 nitrogen and oxygen atoms in total. The number of aromatic nitrogens is 3. The highest BCUT2D eigenvalue weighted by atomic mass is 16.3. The molecule has 1 aromatic heterocycles. The van der Waals surface area contributed by atoms with E-state index in [1.165, 1.54) is 6.33 Å². The number of urea groups is 1. The summed E-state index contributed by atoms with van der Waals surface area (Å²) >= 11 is 0. The van der Waals surface area contributed by atoms with Gasteiger partial charge in [0.25, 0.3) is 0 Å². The standard InChI is InChI=1S/C18H25N5O2/c1-18(9-3-2-4-16(18)24)11-21-17(25)20-10-14-5-7-15(8-6-14)23-13-19-12-22-23/h5-8,12-13,16,24H,2-4,9-11H2,1H3,(H2,20,21,25). The molecule has 0 radical (unpaired) electrons. The van der Waals surface area contributed by atoms with E-state index in [0.717, 1.165) is 36.9 Å². The van der Waals surface area contributed by atoms with Crippen LogP contribution in [0.4, 0.5) is 4.79 Å². The first-order valence-corrected chi connectivity index (χ1v) is 8.70. The van der Waals surface area contributed by atoms with Gasteiger partial charge in [-0.3, -0.25) is 0 Å². The number of benzene rings is 1. The molecular weight excluding hydrogens is 318 g/mol. The van der Waals surface area contributed by atoms with Crippen LogP contribution in [0, 0.1) is 5.41 Å². The maximum absolute atomic E-state index is 12.0. The lowest BCUT2D eigenvalue weighted by Crippen LogP contribution is -2.47. The van der Waals surface area contributed by atoms with Crippen LogP contribution in [-0.4, -0.2) is 38.6 Å². The minimum Gasteiger partial charge on any atom is -0.392 e. The molecule has 0 saturated heterocycles. The summed E-state index contributed by atoms with van der Waals surface area (Å²) < 4.78 is 1.68. The lowest BCUT2D eigenvalue weighted by Gasteiger charge is -2.38. The van der Waals surface area contributed by atoms with Gasteiger partial charge in [0.2, 0.25) is 0 Å². The first-order valence-electron chi connectivity index (χ1n) is 8.70. The van der Waals surface area contributed by atoms with E-state index in [9.17, 15) is 9.90 Å². The minimum atomic E-state index is -0.342. The number of hydrogen-bond acceptors (Lipinski definition) is 4. The van der Waals surface area contributed by atoms with E-state index < -0.39 is 0 Å². The van der Waals surface area contributed by atoms with Gasteiger partial charge in [0.15, 0.2) is 0 Å². The summed E-state index contributed by atoms with van der Waals surface area (Å²) in [7, 11) is 0. The molecule has 2 aromatic rings. The highest BCUT2D eigenvalue weighted by molar-refractivity contribution is 5.73. The van der Waals surface area contributed by atoms with E-state index in [-0.39, 0.29) is 17.6 Å². The third-order valence-corrected chi connectivity index (χ3v) is 5.01. The van der Waals surface area contributed by atoms with Gasteiger partial charge in [0.05, 0.1) is 11.8 Å². The summed E-state index contributed by atoms with van der Waals surface area (Å²) in [5.41, 5.74) is 1.70. The Morgan fingerprint density at radius 2 is 2.12 bits per heavy atom. The van der Waals surface area contributed by atoms with Crippen molar-refractivity contribution >= 4 is 6.03 Å². The third kappa shape index (κ3) is 4.36. The Labute approximate surface area is 147 Å². The largest absolute Gasteiger partial charge is 0.392 e. The van der Waals surface area contributed by atoms with Gasteiger partial charge in [-0.05, 0) is 30.5 Å². The number of carbonyl (C=O) groups is 1. The second-order valence-corrected chi connectivity index (χ2v) is 6.96. The molecule has 1 fully saturated rings. The van der Waals surface area contributed by atoms with E-state index in [2.05, 4.69) is 20.7 Å². The van der Waals surface area contributed by atoms with Gasteiger partial charge in [0, 0.05) is 18.5 Å². The van der Waals surface area contributed by atoms with Crippen LogP contribution in [0.1, 0.15) is 38.2 Å². The highest BCUT2D eigenvalue weighted by Gasteiger charge is 2.35. The highest BCUT2D eigenvalue weighted by Crippen LogP contribution is 2.35. The average Bonchev–Trinajstić information content (AvgIpc) is 3.16. The Balaban J connectivity index is 1.46. The topological polar surface area (TPSA) is 92.1 Å². The number of rotatable bonds is 5. The summed E-state index contributed by atoms with van der Waals surface area (Å²) in [5, 5.41) is 20.0. The van der Waals surface area contributed by atoms with Crippen LogP contribution in [0.2, 0.25) is 0 Å². The summed E-state index contributed by atoms with van der Waals surface area (Å²) in [5.74, 6) is 0. The number of hydrogen-bond donors (Lipinski definition) is 3. The van der Waals surface area contributed by atoms with Crippen LogP contribution < -0.4 is 10.6 Å². The SMILES string of the molecule is CC1(CNC(=O)NCc2ccc(-n3cncn3)cc2)CCCCC1O. The van der Waals surface area contributed by atoms with Crippen molar-refractivity contribution in [3.63, 3.8) is 0 Å².